The topological polar surface area (TPSA) is 161 Å². The van der Waals surface area contributed by atoms with Gasteiger partial charge < -0.3 is 37.9 Å². The monoisotopic (exact) mass is 1020 g/mol. The average molecular weight is 1030 g/mol. The summed E-state index contributed by atoms with van der Waals surface area (Å²) in [5, 5.41) is 0. The first-order chi connectivity index (χ1) is 35.0. The van der Waals surface area contributed by atoms with E-state index >= 15 is 0 Å². The minimum Gasteiger partial charge on any atom is -0.374 e. The number of benzene rings is 6. The molecule has 0 radical (unpaired) electrons. The molecule has 0 amide bonds. The van der Waals surface area contributed by atoms with E-state index in [-0.39, 0.29) is 59.3 Å². The number of hydrogen-bond donors (Lipinski definition) is 0. The fraction of sp³-hybridized carbons (Fsp3) is 0.357. The summed E-state index contributed by atoms with van der Waals surface area (Å²) >= 11 is 0. The highest BCUT2D eigenvalue weighted by molar-refractivity contribution is 7.86. The molecule has 0 saturated carbocycles. The largest absolute Gasteiger partial charge is 0.374 e. The molecule has 1 fully saturated rings. The Morgan fingerprint density at radius 2 is 0.847 bits per heavy atom. The zero-order valence-corrected chi connectivity index (χ0v) is 42.2. The second-order valence-corrected chi connectivity index (χ2v) is 20.7. The maximum Gasteiger partial charge on any atom is 0.264 e. The van der Waals surface area contributed by atoms with E-state index in [2.05, 4.69) is 0 Å². The fourth-order valence-corrected chi connectivity index (χ4v) is 9.14. The van der Waals surface area contributed by atoms with Gasteiger partial charge in [-0.1, -0.05) is 182 Å². The van der Waals surface area contributed by atoms with Gasteiger partial charge in [-0.25, -0.2) is 0 Å². The van der Waals surface area contributed by atoms with Gasteiger partial charge in [0.25, 0.3) is 20.2 Å². The molecule has 0 bridgehead atoms. The molecule has 1 heterocycles. The lowest BCUT2D eigenvalue weighted by molar-refractivity contribution is -0.332. The van der Waals surface area contributed by atoms with Crippen LogP contribution in [0.4, 0.5) is 0 Å². The van der Waals surface area contributed by atoms with Crippen LogP contribution in [0.15, 0.2) is 182 Å². The van der Waals surface area contributed by atoms with Gasteiger partial charge in [0.15, 0.2) is 6.29 Å². The van der Waals surface area contributed by atoms with Crippen molar-refractivity contribution in [2.24, 2.45) is 0 Å². The Hall–Kier alpha value is -5.18. The SMILES string of the molecule is CS(=O)(=O)OCC[C@@H](OCc1ccccc1)[C@H](OCc1ccccc1)[C@@H](CO[C@H]1O[C@H](COCc2ccccc2)[C@H](OCc2ccccc2)[C@H](OCc2ccccc2)[C@H]1OCc1ccccc1)OS(C)(=O)=O. The molecule has 6 aromatic carbocycles. The van der Waals surface area contributed by atoms with E-state index in [4.69, 9.17) is 46.3 Å². The van der Waals surface area contributed by atoms with Crippen LogP contribution in [0.3, 0.4) is 0 Å². The minimum atomic E-state index is -4.23. The van der Waals surface area contributed by atoms with Crippen LogP contribution in [0.5, 0.6) is 0 Å². The molecule has 14 nitrogen and oxygen atoms in total. The number of hydrogen-bond acceptors (Lipinski definition) is 14. The summed E-state index contributed by atoms with van der Waals surface area (Å²) in [7, 11) is -8.09. The van der Waals surface area contributed by atoms with Crippen molar-refractivity contribution in [1.29, 1.82) is 0 Å². The third kappa shape index (κ3) is 18.7. The van der Waals surface area contributed by atoms with E-state index in [1.807, 2.05) is 182 Å². The van der Waals surface area contributed by atoms with Crippen LogP contribution in [-0.2, 0) is 106 Å². The average Bonchev–Trinajstić information content (AvgIpc) is 3.39. The molecular formula is C56H64O14S2. The predicted molar refractivity (Wildman–Crippen MR) is 271 cm³/mol. The zero-order chi connectivity index (χ0) is 50.4. The molecule has 384 valence electrons. The molecular weight excluding hydrogens is 961 g/mol. The van der Waals surface area contributed by atoms with Crippen LogP contribution in [0.1, 0.15) is 39.8 Å². The predicted octanol–water partition coefficient (Wildman–Crippen LogP) is 8.58. The van der Waals surface area contributed by atoms with Gasteiger partial charge in [-0.05, 0) is 33.4 Å². The quantitative estimate of drug-likeness (QED) is 0.0395. The van der Waals surface area contributed by atoms with Crippen LogP contribution in [0.25, 0.3) is 0 Å². The first-order valence-corrected chi connectivity index (χ1v) is 27.5. The van der Waals surface area contributed by atoms with Crippen molar-refractivity contribution in [3.63, 3.8) is 0 Å². The maximum atomic E-state index is 13.3. The molecule has 1 aliphatic rings. The fourth-order valence-electron chi connectivity index (χ4n) is 8.13. The van der Waals surface area contributed by atoms with Gasteiger partial charge in [0.1, 0.15) is 36.6 Å². The molecule has 72 heavy (non-hydrogen) atoms. The Morgan fingerprint density at radius 1 is 0.444 bits per heavy atom. The van der Waals surface area contributed by atoms with Crippen molar-refractivity contribution in [1.82, 2.24) is 0 Å². The zero-order valence-electron chi connectivity index (χ0n) is 40.5. The first-order valence-electron chi connectivity index (χ1n) is 23.8. The summed E-state index contributed by atoms with van der Waals surface area (Å²) in [5.74, 6) is 0. The summed E-state index contributed by atoms with van der Waals surface area (Å²) in [6.07, 6.45) is -6.42. The Bertz CT molecular complexity index is 2650. The van der Waals surface area contributed by atoms with E-state index in [1.165, 1.54) is 0 Å². The summed E-state index contributed by atoms with van der Waals surface area (Å²) in [6, 6.07) is 57.5. The molecule has 6 aromatic rings. The third-order valence-electron chi connectivity index (χ3n) is 11.6. The lowest BCUT2D eigenvalue weighted by atomic mass is 9.97. The van der Waals surface area contributed by atoms with Gasteiger partial charge in [0, 0.05) is 6.42 Å². The smallest absolute Gasteiger partial charge is 0.264 e. The molecule has 0 aromatic heterocycles. The summed E-state index contributed by atoms with van der Waals surface area (Å²) in [5.41, 5.74) is 5.25. The molecule has 0 spiro atoms. The summed E-state index contributed by atoms with van der Waals surface area (Å²) < 4.78 is 116. The molecule has 1 saturated heterocycles. The molecule has 1 aliphatic heterocycles. The minimum absolute atomic E-state index is 0.00661. The highest BCUT2D eigenvalue weighted by Gasteiger charge is 2.50. The van der Waals surface area contributed by atoms with Crippen LogP contribution < -0.4 is 0 Å². The van der Waals surface area contributed by atoms with Crippen molar-refractivity contribution in [3.05, 3.63) is 215 Å². The van der Waals surface area contributed by atoms with Crippen molar-refractivity contribution in [2.75, 3.05) is 32.3 Å². The van der Waals surface area contributed by atoms with Crippen LogP contribution in [0.2, 0.25) is 0 Å². The molecule has 0 aliphatic carbocycles. The second kappa shape index (κ2) is 28.3. The highest BCUT2D eigenvalue weighted by Crippen LogP contribution is 2.33. The highest BCUT2D eigenvalue weighted by atomic mass is 32.2. The third-order valence-corrected chi connectivity index (χ3v) is 12.8. The van der Waals surface area contributed by atoms with Gasteiger partial charge >= 0.3 is 0 Å². The molecule has 16 heteroatoms. The van der Waals surface area contributed by atoms with Gasteiger partial charge in [-0.15, -0.1) is 0 Å². The van der Waals surface area contributed by atoms with Gasteiger partial charge in [0.05, 0.1) is 78.1 Å². The Labute approximate surface area is 424 Å². The van der Waals surface area contributed by atoms with Crippen LogP contribution in [-0.4, -0.2) is 98.2 Å². The molecule has 0 unspecified atom stereocenters. The number of rotatable bonds is 30. The summed E-state index contributed by atoms with van der Waals surface area (Å²) in [6.45, 7) is 0.173. The summed E-state index contributed by atoms with van der Waals surface area (Å²) in [4.78, 5) is 0. The van der Waals surface area contributed by atoms with Crippen LogP contribution >= 0.6 is 0 Å². The normalized spacial score (nSPS) is 19.6. The van der Waals surface area contributed by atoms with E-state index in [0.717, 1.165) is 45.9 Å². The Kier molecular flexibility index (Phi) is 21.5. The lowest BCUT2D eigenvalue weighted by Crippen LogP contribution is -2.62. The maximum absolute atomic E-state index is 13.3. The van der Waals surface area contributed by atoms with Gasteiger partial charge in [-0.2, -0.15) is 16.8 Å². The van der Waals surface area contributed by atoms with Crippen molar-refractivity contribution in [3.8, 4) is 0 Å². The second-order valence-electron chi connectivity index (χ2n) is 17.4. The van der Waals surface area contributed by atoms with E-state index in [9.17, 15) is 16.8 Å². The first kappa shape index (κ1) is 54.6. The standard InChI is InChI=1S/C56H64O14S2/c1-71(57,58)68-34-33-49(62-36-44-23-11-4-12-24-44)52(63-37-45-25-13-5-14-26-45)51(70-72(2,59)60)42-67-56-55(66-40-48-31-19-8-20-32-48)54(65-39-47-29-17-7-18-30-47)53(64-38-46-27-15-6-16-28-46)50(69-56)41-61-35-43-21-9-3-10-22-43/h3-32,49-56H,33-42H2,1-2H3/t49-,50-,51-,52+,53+,54+,55-,56+/m1/s1. The van der Waals surface area contributed by atoms with E-state index in [0.29, 0.717) is 0 Å². The van der Waals surface area contributed by atoms with Gasteiger partial charge in [-0.3, -0.25) is 8.37 Å². The van der Waals surface area contributed by atoms with Crippen LogP contribution in [0, 0.1) is 0 Å². The van der Waals surface area contributed by atoms with E-state index in [1.54, 1.807) is 0 Å². The molecule has 0 N–H and O–H groups in total. The Morgan fingerprint density at radius 3 is 1.29 bits per heavy atom. The van der Waals surface area contributed by atoms with Crippen molar-refractivity contribution < 1.29 is 63.1 Å². The molecule has 8 atom stereocenters. The molecule has 7 rings (SSSR count). The van der Waals surface area contributed by atoms with Gasteiger partial charge in [0.2, 0.25) is 0 Å². The lowest BCUT2D eigenvalue weighted by Gasteiger charge is -2.46. The number of ether oxygens (including phenoxy) is 8. The van der Waals surface area contributed by atoms with E-state index < -0.39 is 75.9 Å². The van der Waals surface area contributed by atoms with Crippen molar-refractivity contribution >= 4 is 20.2 Å². The van der Waals surface area contributed by atoms with Crippen molar-refractivity contribution in [2.45, 2.75) is 95.1 Å². The Balaban J connectivity index is 1.26.